The third-order valence-corrected chi connectivity index (χ3v) is 4.11. The van der Waals surface area contributed by atoms with Crippen LogP contribution in [-0.4, -0.2) is 44.8 Å². The highest BCUT2D eigenvalue weighted by Gasteiger charge is 2.22. The van der Waals surface area contributed by atoms with Crippen molar-refractivity contribution in [2.24, 2.45) is 0 Å². The lowest BCUT2D eigenvalue weighted by atomic mass is 10.2. The molecule has 0 bridgehead atoms. The number of nitrogens with zero attached hydrogens (tertiary/aromatic N) is 1. The number of rotatable bonds is 9. The average Bonchev–Trinajstić information content (AvgIpc) is 2.38. The van der Waals surface area contributed by atoms with Gasteiger partial charge in [0.05, 0.1) is 17.3 Å². The molecule has 0 fully saturated rings. The molecule has 0 amide bonds. The van der Waals surface area contributed by atoms with Crippen LogP contribution >= 0.6 is 0 Å². The molecular weight excluding hydrogens is 300 g/mol. The minimum atomic E-state index is -3.78. The van der Waals surface area contributed by atoms with Gasteiger partial charge in [-0.3, -0.25) is 10.1 Å². The Bertz CT molecular complexity index is 569. The molecule has 0 spiro atoms. The molecule has 9 heteroatoms. The van der Waals surface area contributed by atoms with Gasteiger partial charge in [-0.15, -0.1) is 0 Å². The molecule has 1 unspecified atom stereocenters. The Hall–Kier alpha value is -1.55. The molecule has 0 aromatic heterocycles. The van der Waals surface area contributed by atoms with Gasteiger partial charge in [-0.05, 0) is 6.42 Å². The molecule has 0 aliphatic heterocycles. The predicted molar refractivity (Wildman–Crippen MR) is 76.2 cm³/mol. The van der Waals surface area contributed by atoms with Gasteiger partial charge in [-0.2, -0.15) is 0 Å². The first kappa shape index (κ1) is 17.5. The smallest absolute Gasteiger partial charge is 0.273 e. The maximum absolute atomic E-state index is 12.1. The number of para-hydroxylation sites is 1. The lowest BCUT2D eigenvalue weighted by Gasteiger charge is -2.16. The zero-order chi connectivity index (χ0) is 15.9. The molecule has 0 aliphatic rings. The first-order valence-corrected chi connectivity index (χ1v) is 7.87. The van der Waals surface area contributed by atoms with Crippen molar-refractivity contribution < 1.29 is 23.2 Å². The summed E-state index contributed by atoms with van der Waals surface area (Å²) in [7, 11) is -2.36. The van der Waals surface area contributed by atoms with Gasteiger partial charge in [-0.25, -0.2) is 13.1 Å². The fourth-order valence-electron chi connectivity index (χ4n) is 1.84. The second-order valence-electron chi connectivity index (χ2n) is 4.43. The van der Waals surface area contributed by atoms with Gasteiger partial charge in [0, 0.05) is 31.4 Å². The maximum Gasteiger partial charge on any atom is 0.273 e. The SMILES string of the molecule is COCC(CCO)NS(=O)(=O)Cc1ccccc1[N+](=O)[O-]. The highest BCUT2D eigenvalue weighted by molar-refractivity contribution is 7.88. The van der Waals surface area contributed by atoms with Crippen molar-refractivity contribution in [3.63, 3.8) is 0 Å². The van der Waals surface area contributed by atoms with Gasteiger partial charge < -0.3 is 9.84 Å². The first-order valence-electron chi connectivity index (χ1n) is 6.21. The van der Waals surface area contributed by atoms with Gasteiger partial charge in [0.1, 0.15) is 0 Å². The zero-order valence-corrected chi connectivity index (χ0v) is 12.4. The number of nitrogens with one attached hydrogen (secondary N) is 1. The lowest BCUT2D eigenvalue weighted by Crippen LogP contribution is -2.39. The number of hydrogen-bond acceptors (Lipinski definition) is 6. The molecule has 118 valence electrons. The molecule has 1 rings (SSSR count). The summed E-state index contributed by atoms with van der Waals surface area (Å²) < 4.78 is 31.4. The van der Waals surface area contributed by atoms with E-state index >= 15 is 0 Å². The summed E-state index contributed by atoms with van der Waals surface area (Å²) in [6.07, 6.45) is 0.198. The molecule has 8 nitrogen and oxygen atoms in total. The van der Waals surface area contributed by atoms with Crippen LogP contribution in [-0.2, 0) is 20.5 Å². The maximum atomic E-state index is 12.1. The van der Waals surface area contributed by atoms with Crippen LogP contribution in [0.3, 0.4) is 0 Å². The van der Waals surface area contributed by atoms with Crippen LogP contribution in [0.15, 0.2) is 24.3 Å². The van der Waals surface area contributed by atoms with Crippen molar-refractivity contribution >= 4 is 15.7 Å². The van der Waals surface area contributed by atoms with Gasteiger partial charge in [0.15, 0.2) is 0 Å². The highest BCUT2D eigenvalue weighted by atomic mass is 32.2. The van der Waals surface area contributed by atoms with Gasteiger partial charge in [-0.1, -0.05) is 18.2 Å². The van der Waals surface area contributed by atoms with Gasteiger partial charge >= 0.3 is 0 Å². The number of ether oxygens (including phenoxy) is 1. The molecule has 0 saturated heterocycles. The Morgan fingerprint density at radius 2 is 2.10 bits per heavy atom. The quantitative estimate of drug-likeness (QED) is 0.503. The van der Waals surface area contributed by atoms with Crippen LogP contribution in [0.2, 0.25) is 0 Å². The van der Waals surface area contributed by atoms with Gasteiger partial charge in [0.25, 0.3) is 5.69 Å². The first-order chi connectivity index (χ1) is 9.89. The largest absolute Gasteiger partial charge is 0.396 e. The van der Waals surface area contributed by atoms with Crippen molar-refractivity contribution in [3.05, 3.63) is 39.9 Å². The third kappa shape index (κ3) is 5.76. The average molecular weight is 318 g/mol. The molecule has 0 heterocycles. The number of nitro groups is 1. The molecule has 21 heavy (non-hydrogen) atoms. The summed E-state index contributed by atoms with van der Waals surface area (Å²) in [5.74, 6) is -0.504. The topological polar surface area (TPSA) is 119 Å². The Morgan fingerprint density at radius 1 is 1.43 bits per heavy atom. The fourth-order valence-corrected chi connectivity index (χ4v) is 3.28. The van der Waals surface area contributed by atoms with Crippen molar-refractivity contribution in [3.8, 4) is 0 Å². The second kappa shape index (κ2) is 8.03. The van der Waals surface area contributed by atoms with Crippen LogP contribution in [0.4, 0.5) is 5.69 Å². The fraction of sp³-hybridized carbons (Fsp3) is 0.500. The van der Waals surface area contributed by atoms with Crippen LogP contribution in [0.5, 0.6) is 0 Å². The minimum absolute atomic E-state index is 0.107. The molecule has 0 aliphatic carbocycles. The summed E-state index contributed by atoms with van der Waals surface area (Å²) in [5.41, 5.74) is -0.136. The molecular formula is C12H18N2O6S. The minimum Gasteiger partial charge on any atom is -0.396 e. The highest BCUT2D eigenvalue weighted by Crippen LogP contribution is 2.19. The zero-order valence-electron chi connectivity index (χ0n) is 11.6. The van der Waals surface area contributed by atoms with Crippen molar-refractivity contribution in [2.45, 2.75) is 18.2 Å². The summed E-state index contributed by atoms with van der Waals surface area (Å²) >= 11 is 0. The summed E-state index contributed by atoms with van der Waals surface area (Å²) in [6, 6.07) is 5.09. The number of hydrogen-bond donors (Lipinski definition) is 2. The molecule has 2 N–H and O–H groups in total. The van der Waals surface area contributed by atoms with Crippen LogP contribution in [0, 0.1) is 10.1 Å². The molecule has 1 aromatic rings. The van der Waals surface area contributed by atoms with Gasteiger partial charge in [0.2, 0.25) is 10.0 Å². The van der Waals surface area contributed by atoms with E-state index in [-0.39, 0.29) is 30.9 Å². The summed E-state index contributed by atoms with van der Waals surface area (Å²) in [5, 5.41) is 19.8. The number of methoxy groups -OCH3 is 1. The Labute approximate surface area is 122 Å². The van der Waals surface area contributed by atoms with E-state index in [9.17, 15) is 18.5 Å². The second-order valence-corrected chi connectivity index (χ2v) is 6.18. The Balaban J connectivity index is 2.87. The van der Waals surface area contributed by atoms with E-state index < -0.39 is 26.7 Å². The third-order valence-electron chi connectivity index (χ3n) is 2.73. The number of aliphatic hydroxyl groups excluding tert-OH is 1. The molecule has 1 atom stereocenters. The molecule has 0 radical (unpaired) electrons. The standard InChI is InChI=1S/C12H18N2O6S/c1-20-8-11(6-7-15)13-21(18,19)9-10-4-2-3-5-12(10)14(16)17/h2-5,11,13,15H,6-9H2,1H3. The van der Waals surface area contributed by atoms with Crippen LogP contribution in [0.25, 0.3) is 0 Å². The van der Waals surface area contributed by atoms with Crippen molar-refractivity contribution in [1.29, 1.82) is 0 Å². The normalized spacial score (nSPS) is 13.0. The molecule has 1 aromatic carbocycles. The summed E-state index contributed by atoms with van der Waals surface area (Å²) in [6.45, 7) is -0.0846. The van der Waals surface area contributed by atoms with E-state index in [0.29, 0.717) is 0 Å². The van der Waals surface area contributed by atoms with Crippen molar-refractivity contribution in [1.82, 2.24) is 4.72 Å². The van der Waals surface area contributed by atoms with E-state index in [1.165, 1.54) is 31.4 Å². The predicted octanol–water partition coefficient (Wildman–Crippen LogP) is 0.412. The van der Waals surface area contributed by atoms with E-state index in [1.54, 1.807) is 0 Å². The van der Waals surface area contributed by atoms with Crippen molar-refractivity contribution in [2.75, 3.05) is 20.3 Å². The van der Waals surface area contributed by atoms with E-state index in [0.717, 1.165) is 0 Å². The van der Waals surface area contributed by atoms with Crippen LogP contribution < -0.4 is 4.72 Å². The molecule has 0 saturated carbocycles. The van der Waals surface area contributed by atoms with E-state index in [4.69, 9.17) is 9.84 Å². The van der Waals surface area contributed by atoms with E-state index in [1.807, 2.05) is 0 Å². The number of nitro benzene ring substituents is 1. The number of benzene rings is 1. The summed E-state index contributed by atoms with van der Waals surface area (Å²) in [4.78, 5) is 10.3. The Morgan fingerprint density at radius 3 is 2.67 bits per heavy atom. The lowest BCUT2D eigenvalue weighted by molar-refractivity contribution is -0.385. The monoisotopic (exact) mass is 318 g/mol. The number of sulfonamides is 1. The van der Waals surface area contributed by atoms with Crippen LogP contribution in [0.1, 0.15) is 12.0 Å². The Kier molecular flexibility index (Phi) is 6.69. The van der Waals surface area contributed by atoms with E-state index in [2.05, 4.69) is 4.72 Å². The number of aliphatic hydroxyl groups is 1.